The Balaban J connectivity index is 2.01. The lowest BCUT2D eigenvalue weighted by Crippen LogP contribution is -2.21. The van der Waals surface area contributed by atoms with Crippen LogP contribution in [0, 0.1) is 13.8 Å². The molecule has 0 saturated heterocycles. The second-order valence-electron chi connectivity index (χ2n) is 7.40. The molecular formula is C23H28N4O. The standard InChI is InChI=1S/C23H28N4O/c1-5-25-10-9-18(24)23-20-14(3)21-17-12-15(28-4)6-7-19(17)27-22(21)13(2)16(20)8-11-26-23/h6-8,11-12,18,25,27H,5,9-10,24H2,1-4H3. The first-order valence-corrected chi connectivity index (χ1v) is 9.90. The molecule has 5 nitrogen and oxygen atoms in total. The number of pyridine rings is 1. The Morgan fingerprint density at radius 2 is 1.96 bits per heavy atom. The van der Waals surface area contributed by atoms with Gasteiger partial charge in [-0.25, -0.2) is 0 Å². The van der Waals surface area contributed by atoms with Gasteiger partial charge in [0.05, 0.1) is 18.3 Å². The van der Waals surface area contributed by atoms with E-state index in [0.717, 1.165) is 36.5 Å². The minimum absolute atomic E-state index is 0.0990. The van der Waals surface area contributed by atoms with E-state index in [1.165, 1.54) is 38.2 Å². The summed E-state index contributed by atoms with van der Waals surface area (Å²) in [5, 5.41) is 8.16. The zero-order chi connectivity index (χ0) is 19.8. The van der Waals surface area contributed by atoms with Crippen molar-refractivity contribution in [2.75, 3.05) is 20.2 Å². The molecule has 2 aromatic carbocycles. The summed E-state index contributed by atoms with van der Waals surface area (Å²) in [7, 11) is 1.70. The van der Waals surface area contributed by atoms with Crippen molar-refractivity contribution in [2.24, 2.45) is 5.73 Å². The summed E-state index contributed by atoms with van der Waals surface area (Å²) in [4.78, 5) is 8.31. The van der Waals surface area contributed by atoms with Gasteiger partial charge < -0.3 is 20.8 Å². The van der Waals surface area contributed by atoms with Crippen LogP contribution in [0.25, 0.3) is 32.6 Å². The number of ether oxygens (including phenoxy) is 1. The third-order valence-electron chi connectivity index (χ3n) is 5.75. The highest BCUT2D eigenvalue weighted by Crippen LogP contribution is 2.39. The number of aromatic nitrogens is 2. The fraction of sp³-hybridized carbons (Fsp3) is 0.348. The highest BCUT2D eigenvalue weighted by molar-refractivity contribution is 6.17. The number of rotatable bonds is 6. The minimum atomic E-state index is -0.0990. The number of nitrogens with zero attached hydrogens (tertiary/aromatic N) is 1. The first-order chi connectivity index (χ1) is 13.6. The summed E-state index contributed by atoms with van der Waals surface area (Å²) >= 11 is 0. The van der Waals surface area contributed by atoms with Crippen molar-refractivity contribution in [3.63, 3.8) is 0 Å². The number of H-pyrrole nitrogens is 1. The zero-order valence-corrected chi connectivity index (χ0v) is 17.0. The molecule has 0 radical (unpaired) electrons. The summed E-state index contributed by atoms with van der Waals surface area (Å²) < 4.78 is 5.46. The number of hydrogen-bond acceptors (Lipinski definition) is 4. The number of fused-ring (bicyclic) bond motifs is 4. The molecule has 0 fully saturated rings. The van der Waals surface area contributed by atoms with Crippen molar-refractivity contribution < 1.29 is 4.74 Å². The maximum atomic E-state index is 6.57. The Hall–Kier alpha value is -2.63. The molecule has 4 N–H and O–H groups in total. The summed E-state index contributed by atoms with van der Waals surface area (Å²) in [6.45, 7) is 8.30. The molecule has 5 heteroatoms. The lowest BCUT2D eigenvalue weighted by atomic mass is 9.92. The quantitative estimate of drug-likeness (QED) is 0.433. The Labute approximate surface area is 165 Å². The number of nitrogens with one attached hydrogen (secondary N) is 2. The Bertz CT molecular complexity index is 1160. The van der Waals surface area contributed by atoms with Crippen molar-refractivity contribution in [2.45, 2.75) is 33.2 Å². The van der Waals surface area contributed by atoms with E-state index in [1.807, 2.05) is 12.3 Å². The molecular weight excluding hydrogens is 348 g/mol. The average molecular weight is 377 g/mol. The van der Waals surface area contributed by atoms with Gasteiger partial charge in [-0.15, -0.1) is 0 Å². The fourth-order valence-corrected chi connectivity index (χ4v) is 4.27. The van der Waals surface area contributed by atoms with E-state index in [4.69, 9.17) is 15.5 Å². The van der Waals surface area contributed by atoms with Crippen LogP contribution in [0.4, 0.5) is 0 Å². The summed E-state index contributed by atoms with van der Waals surface area (Å²) in [6, 6.07) is 8.18. The second-order valence-corrected chi connectivity index (χ2v) is 7.40. The monoisotopic (exact) mass is 376 g/mol. The first-order valence-electron chi connectivity index (χ1n) is 9.90. The van der Waals surface area contributed by atoms with Gasteiger partial charge in [0.15, 0.2) is 0 Å². The Morgan fingerprint density at radius 1 is 1.14 bits per heavy atom. The van der Waals surface area contributed by atoms with Gasteiger partial charge in [0, 0.05) is 33.9 Å². The van der Waals surface area contributed by atoms with Gasteiger partial charge in [-0.05, 0) is 74.1 Å². The van der Waals surface area contributed by atoms with Gasteiger partial charge in [0.2, 0.25) is 0 Å². The van der Waals surface area contributed by atoms with Crippen molar-refractivity contribution in [3.8, 4) is 5.75 Å². The lowest BCUT2D eigenvalue weighted by molar-refractivity contribution is 0.415. The SMILES string of the molecule is CCNCCC(N)c1nccc2c(C)c3[nH]c4ccc(OC)cc4c3c(C)c12. The van der Waals surface area contributed by atoms with Crippen LogP contribution in [-0.2, 0) is 0 Å². The van der Waals surface area contributed by atoms with Crippen molar-refractivity contribution in [1.29, 1.82) is 0 Å². The second kappa shape index (κ2) is 7.41. The predicted molar refractivity (Wildman–Crippen MR) is 117 cm³/mol. The summed E-state index contributed by atoms with van der Waals surface area (Å²) in [5.74, 6) is 0.860. The van der Waals surface area contributed by atoms with E-state index < -0.39 is 0 Å². The molecule has 4 rings (SSSR count). The van der Waals surface area contributed by atoms with Crippen LogP contribution in [0.5, 0.6) is 5.75 Å². The zero-order valence-electron chi connectivity index (χ0n) is 17.0. The molecule has 0 aliphatic rings. The molecule has 2 heterocycles. The van der Waals surface area contributed by atoms with Gasteiger partial charge in [-0.1, -0.05) is 6.92 Å². The maximum absolute atomic E-state index is 6.57. The van der Waals surface area contributed by atoms with Gasteiger partial charge >= 0.3 is 0 Å². The molecule has 28 heavy (non-hydrogen) atoms. The molecule has 1 atom stereocenters. The van der Waals surface area contributed by atoms with Crippen LogP contribution in [-0.4, -0.2) is 30.2 Å². The van der Waals surface area contributed by atoms with Crippen LogP contribution in [0.2, 0.25) is 0 Å². The molecule has 146 valence electrons. The number of aromatic amines is 1. The number of hydrogen-bond donors (Lipinski definition) is 3. The van der Waals surface area contributed by atoms with Crippen LogP contribution < -0.4 is 15.8 Å². The van der Waals surface area contributed by atoms with Crippen molar-refractivity contribution >= 4 is 32.6 Å². The lowest BCUT2D eigenvalue weighted by Gasteiger charge is -2.17. The molecule has 0 amide bonds. The van der Waals surface area contributed by atoms with Crippen molar-refractivity contribution in [3.05, 3.63) is 47.3 Å². The topological polar surface area (TPSA) is 76.0 Å². The van der Waals surface area contributed by atoms with Gasteiger partial charge in [-0.2, -0.15) is 0 Å². The number of benzene rings is 2. The highest BCUT2D eigenvalue weighted by atomic mass is 16.5. The largest absolute Gasteiger partial charge is 0.497 e. The van der Waals surface area contributed by atoms with E-state index in [0.29, 0.717) is 0 Å². The first kappa shape index (κ1) is 18.7. The Kier molecular flexibility index (Phi) is 4.96. The molecule has 0 aliphatic heterocycles. The molecule has 2 aromatic heterocycles. The summed E-state index contributed by atoms with van der Waals surface area (Å²) in [5.41, 5.74) is 12.3. The van der Waals surface area contributed by atoms with Crippen LogP contribution >= 0.6 is 0 Å². The fourth-order valence-electron chi connectivity index (χ4n) is 4.27. The number of methoxy groups -OCH3 is 1. The van der Waals surface area contributed by atoms with Gasteiger partial charge in [0.25, 0.3) is 0 Å². The van der Waals surface area contributed by atoms with Crippen LogP contribution in [0.3, 0.4) is 0 Å². The highest BCUT2D eigenvalue weighted by Gasteiger charge is 2.19. The molecule has 1 unspecified atom stereocenters. The van der Waals surface area contributed by atoms with E-state index >= 15 is 0 Å². The smallest absolute Gasteiger partial charge is 0.119 e. The molecule has 0 spiro atoms. The van der Waals surface area contributed by atoms with Crippen molar-refractivity contribution in [1.82, 2.24) is 15.3 Å². The van der Waals surface area contributed by atoms with E-state index in [1.54, 1.807) is 7.11 Å². The van der Waals surface area contributed by atoms with Crippen LogP contribution in [0.1, 0.15) is 36.2 Å². The molecule has 4 aromatic rings. The maximum Gasteiger partial charge on any atom is 0.119 e. The van der Waals surface area contributed by atoms with E-state index in [-0.39, 0.29) is 6.04 Å². The minimum Gasteiger partial charge on any atom is -0.497 e. The van der Waals surface area contributed by atoms with Crippen LogP contribution in [0.15, 0.2) is 30.5 Å². The third kappa shape index (κ3) is 2.91. The normalized spacial score (nSPS) is 12.9. The average Bonchev–Trinajstić information content (AvgIpc) is 3.10. The van der Waals surface area contributed by atoms with E-state index in [2.05, 4.69) is 49.3 Å². The van der Waals surface area contributed by atoms with E-state index in [9.17, 15) is 0 Å². The summed E-state index contributed by atoms with van der Waals surface area (Å²) in [6.07, 6.45) is 2.74. The molecule has 0 bridgehead atoms. The molecule has 0 saturated carbocycles. The molecule has 0 aliphatic carbocycles. The third-order valence-corrected chi connectivity index (χ3v) is 5.75. The predicted octanol–water partition coefficient (Wildman–Crippen LogP) is 4.49. The number of aryl methyl sites for hydroxylation is 2. The Morgan fingerprint density at radius 3 is 2.71 bits per heavy atom. The van der Waals surface area contributed by atoms with Gasteiger partial charge in [0.1, 0.15) is 5.75 Å². The van der Waals surface area contributed by atoms with Gasteiger partial charge in [-0.3, -0.25) is 4.98 Å². The number of nitrogens with two attached hydrogens (primary N) is 1.